The van der Waals surface area contributed by atoms with E-state index in [9.17, 15) is 18.8 Å². The van der Waals surface area contributed by atoms with Gasteiger partial charge in [0.1, 0.15) is 17.4 Å². The third-order valence-corrected chi connectivity index (χ3v) is 5.59. The summed E-state index contributed by atoms with van der Waals surface area (Å²) in [6, 6.07) is 10.0. The van der Waals surface area contributed by atoms with E-state index in [0.717, 1.165) is 48.5 Å². The molecule has 0 saturated carbocycles. The number of aryl methyl sites for hydroxylation is 1. The number of carbonyl (C=O) groups is 1. The first kappa shape index (κ1) is 23.5. The van der Waals surface area contributed by atoms with E-state index < -0.39 is 12.5 Å². The Morgan fingerprint density at radius 1 is 1.38 bits per heavy atom. The number of nitrogens with zero attached hydrogens (tertiary/aromatic N) is 3. The molecule has 1 atom stereocenters. The van der Waals surface area contributed by atoms with Crippen molar-refractivity contribution in [3.8, 4) is 11.8 Å². The summed E-state index contributed by atoms with van der Waals surface area (Å²) in [4.78, 5) is 14.3. The molecule has 170 valence electrons. The second kappa shape index (κ2) is 10.4. The molecule has 1 aromatic carbocycles. The summed E-state index contributed by atoms with van der Waals surface area (Å²) in [7, 11) is 1.60. The Kier molecular flexibility index (Phi) is 7.65. The molecule has 8 heteroatoms. The minimum absolute atomic E-state index is 0.0301. The summed E-state index contributed by atoms with van der Waals surface area (Å²) in [5.41, 5.74) is 3.62. The Hall–Kier alpha value is -3.18. The summed E-state index contributed by atoms with van der Waals surface area (Å²) < 4.78 is 36.8. The fraction of sp³-hybridized carbons (Fsp3) is 0.417. The van der Waals surface area contributed by atoms with Gasteiger partial charge in [0.15, 0.2) is 0 Å². The second-order valence-corrected chi connectivity index (χ2v) is 7.93. The molecule has 0 radical (unpaired) electrons. The van der Waals surface area contributed by atoms with Gasteiger partial charge in [-0.3, -0.25) is 4.79 Å². The molecular weight excluding hydrogens is 416 g/mol. The number of halogens is 2. The number of carbonyl (C=O) groups excluding carboxylic acids is 1. The number of ether oxygens (including phenoxy) is 2. The first-order valence-corrected chi connectivity index (χ1v) is 10.5. The van der Waals surface area contributed by atoms with E-state index in [2.05, 4.69) is 9.30 Å². The third-order valence-electron chi connectivity index (χ3n) is 5.59. The quantitative estimate of drug-likeness (QED) is 0.447. The maximum absolute atomic E-state index is 12.9. The molecule has 1 fully saturated rings. The van der Waals surface area contributed by atoms with E-state index in [4.69, 9.17) is 4.74 Å². The maximum atomic E-state index is 12.9. The number of benzene rings is 1. The van der Waals surface area contributed by atoms with Crippen molar-refractivity contribution in [1.29, 1.82) is 5.26 Å². The predicted molar refractivity (Wildman–Crippen MR) is 116 cm³/mol. The Labute approximate surface area is 186 Å². The highest BCUT2D eigenvalue weighted by molar-refractivity contribution is 6.01. The number of alkyl halides is 2. The van der Waals surface area contributed by atoms with E-state index in [-0.39, 0.29) is 24.0 Å². The summed E-state index contributed by atoms with van der Waals surface area (Å²) in [5.74, 6) is -0.363. The standard InChI is InChI=1S/C24H27F2N3O3/c1-16-11-19(17(2)29(16)15-22-5-4-10-31-22)12-20(13-27)23(30)28(3)14-18-6-8-21(9-7-18)32-24(25)26/h6-9,11-12,22,24H,4-5,10,14-15H2,1-3H3/b20-12+. The van der Waals surface area contributed by atoms with Gasteiger partial charge in [0.2, 0.25) is 0 Å². The molecule has 2 heterocycles. The highest BCUT2D eigenvalue weighted by Crippen LogP contribution is 2.23. The van der Waals surface area contributed by atoms with Crippen molar-refractivity contribution in [3.05, 3.63) is 58.4 Å². The van der Waals surface area contributed by atoms with Crippen LogP contribution in [0.15, 0.2) is 35.9 Å². The van der Waals surface area contributed by atoms with Crippen LogP contribution < -0.4 is 4.74 Å². The third kappa shape index (κ3) is 5.74. The molecule has 6 nitrogen and oxygen atoms in total. The number of hydrogen-bond donors (Lipinski definition) is 0. The molecule has 0 spiro atoms. The lowest BCUT2D eigenvalue weighted by atomic mass is 10.1. The number of nitriles is 1. The Balaban J connectivity index is 1.71. The molecule has 2 aromatic rings. The van der Waals surface area contributed by atoms with Crippen LogP contribution in [0.4, 0.5) is 8.78 Å². The minimum atomic E-state index is -2.89. The van der Waals surface area contributed by atoms with Crippen molar-refractivity contribution >= 4 is 12.0 Å². The summed E-state index contributed by atoms with van der Waals surface area (Å²) >= 11 is 0. The minimum Gasteiger partial charge on any atom is -0.435 e. The normalized spacial score (nSPS) is 16.3. The Morgan fingerprint density at radius 2 is 2.09 bits per heavy atom. The Bertz CT molecular complexity index is 1020. The van der Waals surface area contributed by atoms with Crippen molar-refractivity contribution < 1.29 is 23.0 Å². The smallest absolute Gasteiger partial charge is 0.387 e. The SMILES string of the molecule is Cc1cc(/C=C(\C#N)C(=O)N(C)Cc2ccc(OC(F)F)cc2)c(C)n1CC1CCCO1. The van der Waals surface area contributed by atoms with Crippen molar-refractivity contribution in [3.63, 3.8) is 0 Å². The zero-order valence-corrected chi connectivity index (χ0v) is 18.5. The highest BCUT2D eigenvalue weighted by atomic mass is 19.3. The van der Waals surface area contributed by atoms with Crippen LogP contribution in [0.1, 0.15) is 35.4 Å². The van der Waals surface area contributed by atoms with Gasteiger partial charge in [-0.15, -0.1) is 0 Å². The van der Waals surface area contributed by atoms with Crippen LogP contribution in [0.3, 0.4) is 0 Å². The van der Waals surface area contributed by atoms with Gasteiger partial charge in [-0.05, 0) is 62.1 Å². The molecule has 1 amide bonds. The monoisotopic (exact) mass is 443 g/mol. The first-order valence-electron chi connectivity index (χ1n) is 10.5. The lowest BCUT2D eigenvalue weighted by molar-refractivity contribution is -0.125. The predicted octanol–water partition coefficient (Wildman–Crippen LogP) is 4.45. The van der Waals surface area contributed by atoms with Gasteiger partial charge in [0, 0.05) is 38.1 Å². The number of rotatable bonds is 8. The van der Waals surface area contributed by atoms with Gasteiger partial charge in [-0.25, -0.2) is 0 Å². The van der Waals surface area contributed by atoms with E-state index >= 15 is 0 Å². The average Bonchev–Trinajstić information content (AvgIpc) is 3.36. The van der Waals surface area contributed by atoms with Crippen LogP contribution >= 0.6 is 0 Å². The van der Waals surface area contributed by atoms with Crippen molar-refractivity contribution in [2.24, 2.45) is 0 Å². The second-order valence-electron chi connectivity index (χ2n) is 7.93. The number of likely N-dealkylation sites (N-methyl/N-ethyl adjacent to an activating group) is 1. The number of amides is 1. The molecule has 1 unspecified atom stereocenters. The molecule has 0 N–H and O–H groups in total. The molecule has 0 aliphatic carbocycles. The van der Waals surface area contributed by atoms with Crippen LogP contribution in [0, 0.1) is 25.2 Å². The van der Waals surface area contributed by atoms with Crippen LogP contribution in [-0.4, -0.2) is 41.7 Å². The van der Waals surface area contributed by atoms with Crippen molar-refractivity contribution in [1.82, 2.24) is 9.47 Å². The fourth-order valence-electron chi connectivity index (χ4n) is 3.87. The van der Waals surface area contributed by atoms with Crippen LogP contribution in [-0.2, 0) is 22.6 Å². The van der Waals surface area contributed by atoms with Gasteiger partial charge in [-0.1, -0.05) is 12.1 Å². The molecule has 32 heavy (non-hydrogen) atoms. The van der Waals surface area contributed by atoms with E-state index in [1.807, 2.05) is 26.0 Å². The fourth-order valence-corrected chi connectivity index (χ4v) is 3.87. The average molecular weight is 443 g/mol. The lowest BCUT2D eigenvalue weighted by Crippen LogP contribution is -2.27. The van der Waals surface area contributed by atoms with E-state index in [1.165, 1.54) is 17.0 Å². The zero-order chi connectivity index (χ0) is 23.3. The van der Waals surface area contributed by atoms with Gasteiger partial charge in [0.25, 0.3) is 5.91 Å². The maximum Gasteiger partial charge on any atom is 0.387 e. The summed E-state index contributed by atoms with van der Waals surface area (Å²) in [5, 5.41) is 9.61. The van der Waals surface area contributed by atoms with Crippen LogP contribution in [0.25, 0.3) is 6.08 Å². The zero-order valence-electron chi connectivity index (χ0n) is 18.5. The number of aromatic nitrogens is 1. The summed E-state index contributed by atoms with van der Waals surface area (Å²) in [6.07, 6.45) is 3.91. The summed E-state index contributed by atoms with van der Waals surface area (Å²) in [6.45, 7) is 2.86. The van der Waals surface area contributed by atoms with Gasteiger partial charge in [-0.2, -0.15) is 14.0 Å². The van der Waals surface area contributed by atoms with Crippen LogP contribution in [0.5, 0.6) is 5.75 Å². The topological polar surface area (TPSA) is 67.5 Å². The van der Waals surface area contributed by atoms with E-state index in [1.54, 1.807) is 25.3 Å². The molecular formula is C24H27F2N3O3. The van der Waals surface area contributed by atoms with E-state index in [0.29, 0.717) is 0 Å². The molecule has 1 aliphatic heterocycles. The molecule has 0 bridgehead atoms. The van der Waals surface area contributed by atoms with Crippen molar-refractivity contribution in [2.75, 3.05) is 13.7 Å². The van der Waals surface area contributed by atoms with Gasteiger partial charge in [0.05, 0.1) is 6.10 Å². The molecule has 1 aromatic heterocycles. The van der Waals surface area contributed by atoms with Crippen molar-refractivity contribution in [2.45, 2.75) is 52.5 Å². The number of hydrogen-bond acceptors (Lipinski definition) is 4. The largest absolute Gasteiger partial charge is 0.435 e. The first-order chi connectivity index (χ1) is 15.3. The molecule has 3 rings (SSSR count). The Morgan fingerprint density at radius 3 is 2.69 bits per heavy atom. The van der Waals surface area contributed by atoms with Gasteiger partial charge >= 0.3 is 6.61 Å². The molecule has 1 aliphatic rings. The highest BCUT2D eigenvalue weighted by Gasteiger charge is 2.20. The molecule has 1 saturated heterocycles. The van der Waals surface area contributed by atoms with Gasteiger partial charge < -0.3 is 18.9 Å². The van der Waals surface area contributed by atoms with Crippen LogP contribution in [0.2, 0.25) is 0 Å². The lowest BCUT2D eigenvalue weighted by Gasteiger charge is -2.17.